The van der Waals surface area contributed by atoms with E-state index in [4.69, 9.17) is 15.9 Å². The Labute approximate surface area is 166 Å². The molecule has 0 bridgehead atoms. The van der Waals surface area contributed by atoms with Crippen molar-refractivity contribution >= 4 is 39.3 Å². The van der Waals surface area contributed by atoms with Crippen LogP contribution in [-0.4, -0.2) is 25.3 Å². The summed E-state index contributed by atoms with van der Waals surface area (Å²) < 4.78 is 11.7. The van der Waals surface area contributed by atoms with E-state index in [0.717, 1.165) is 10.0 Å². The van der Waals surface area contributed by atoms with Crippen LogP contribution in [-0.2, 0) is 4.79 Å². The molecule has 27 heavy (non-hydrogen) atoms. The summed E-state index contributed by atoms with van der Waals surface area (Å²) in [5.41, 5.74) is 2.67. The predicted molar refractivity (Wildman–Crippen MR) is 110 cm³/mol. The van der Waals surface area contributed by atoms with Crippen molar-refractivity contribution in [1.29, 1.82) is 0 Å². The number of anilines is 1. The number of methoxy groups -OCH3 is 1. The highest BCUT2D eigenvalue weighted by atomic mass is 79.9. The number of carbonyl (C=O) groups excluding carboxylic acids is 1. The Morgan fingerprint density at radius 1 is 1.26 bits per heavy atom. The summed E-state index contributed by atoms with van der Waals surface area (Å²) in [6.07, 6.45) is 7.01. The highest BCUT2D eigenvalue weighted by molar-refractivity contribution is 9.10. The zero-order chi connectivity index (χ0) is 19.4. The van der Waals surface area contributed by atoms with Crippen LogP contribution in [0.1, 0.15) is 12.5 Å². The molecular weight excluding hydrogens is 408 g/mol. The van der Waals surface area contributed by atoms with E-state index in [9.17, 15) is 4.79 Å². The Balaban J connectivity index is 1.90. The number of hydrazone groups is 1. The Morgan fingerprint density at radius 2 is 2.07 bits per heavy atom. The largest absolute Gasteiger partial charge is 0.493 e. The third kappa shape index (κ3) is 4.04. The van der Waals surface area contributed by atoms with E-state index in [-0.39, 0.29) is 12.5 Å². The Morgan fingerprint density at radius 3 is 2.78 bits per heavy atom. The van der Waals surface area contributed by atoms with Gasteiger partial charge in [0.1, 0.15) is 6.61 Å². The first-order valence-corrected chi connectivity index (χ1v) is 8.94. The summed E-state index contributed by atoms with van der Waals surface area (Å²) in [6, 6.07) is 12.8. The lowest BCUT2D eigenvalue weighted by Gasteiger charge is -2.12. The number of hydrogen-bond donors (Lipinski definition) is 0. The molecule has 5 nitrogen and oxygen atoms in total. The number of amides is 1. The van der Waals surface area contributed by atoms with Crippen molar-refractivity contribution in [2.75, 3.05) is 18.7 Å². The lowest BCUT2D eigenvalue weighted by molar-refractivity contribution is -0.114. The molecule has 0 fully saturated rings. The molecule has 0 aliphatic carbocycles. The number of ether oxygens (including phenoxy) is 2. The van der Waals surface area contributed by atoms with Gasteiger partial charge in [-0.05, 0) is 48.9 Å². The number of rotatable bonds is 5. The van der Waals surface area contributed by atoms with Crippen LogP contribution in [0.5, 0.6) is 11.5 Å². The molecule has 0 radical (unpaired) electrons. The number of halogens is 1. The van der Waals surface area contributed by atoms with Gasteiger partial charge in [0.15, 0.2) is 11.5 Å². The summed E-state index contributed by atoms with van der Waals surface area (Å²) in [7, 11) is 1.55. The van der Waals surface area contributed by atoms with E-state index in [1.54, 1.807) is 25.3 Å². The highest BCUT2D eigenvalue weighted by Crippen LogP contribution is 2.31. The molecule has 0 N–H and O–H groups in total. The van der Waals surface area contributed by atoms with Crippen LogP contribution in [0.25, 0.3) is 6.08 Å². The molecule has 0 saturated heterocycles. The predicted octanol–water partition coefficient (Wildman–Crippen LogP) is 4.28. The Bertz CT molecular complexity index is 989. The molecule has 1 heterocycles. The van der Waals surface area contributed by atoms with Gasteiger partial charge in [-0.2, -0.15) is 10.1 Å². The van der Waals surface area contributed by atoms with Gasteiger partial charge in [-0.3, -0.25) is 4.79 Å². The van der Waals surface area contributed by atoms with Crippen molar-refractivity contribution in [3.63, 3.8) is 0 Å². The summed E-state index contributed by atoms with van der Waals surface area (Å²) in [5, 5.41) is 5.79. The summed E-state index contributed by atoms with van der Waals surface area (Å²) in [5.74, 6) is 3.33. The minimum absolute atomic E-state index is 0.155. The van der Waals surface area contributed by atoms with Crippen LogP contribution in [0, 0.1) is 12.3 Å². The van der Waals surface area contributed by atoms with Crippen LogP contribution < -0.4 is 14.5 Å². The second-order valence-corrected chi connectivity index (χ2v) is 6.66. The molecule has 1 aliphatic rings. The fourth-order valence-corrected chi connectivity index (χ4v) is 3.03. The zero-order valence-corrected chi connectivity index (χ0v) is 16.5. The molecule has 0 unspecified atom stereocenters. The van der Waals surface area contributed by atoms with Gasteiger partial charge in [0.05, 0.1) is 24.1 Å². The monoisotopic (exact) mass is 424 g/mol. The van der Waals surface area contributed by atoms with E-state index in [2.05, 4.69) is 27.0 Å². The van der Waals surface area contributed by atoms with Crippen LogP contribution in [0.3, 0.4) is 0 Å². The molecular formula is C21H17BrN2O3. The first kappa shape index (κ1) is 18.7. The van der Waals surface area contributed by atoms with E-state index in [1.807, 2.05) is 37.3 Å². The second kappa shape index (κ2) is 8.11. The van der Waals surface area contributed by atoms with Gasteiger partial charge in [-0.25, -0.2) is 0 Å². The first-order valence-electron chi connectivity index (χ1n) is 8.15. The van der Waals surface area contributed by atoms with Gasteiger partial charge < -0.3 is 9.47 Å². The van der Waals surface area contributed by atoms with Gasteiger partial charge in [0.25, 0.3) is 5.91 Å². The maximum atomic E-state index is 12.8. The molecule has 136 valence electrons. The molecule has 3 rings (SSSR count). The van der Waals surface area contributed by atoms with Crippen LogP contribution in [0.15, 0.2) is 57.6 Å². The van der Waals surface area contributed by atoms with Crippen molar-refractivity contribution in [3.8, 4) is 23.8 Å². The highest BCUT2D eigenvalue weighted by Gasteiger charge is 2.28. The van der Waals surface area contributed by atoms with E-state index < -0.39 is 0 Å². The topological polar surface area (TPSA) is 51.1 Å². The molecule has 0 atom stereocenters. The fraction of sp³-hybridized carbons (Fsp3) is 0.143. The third-order valence-corrected chi connectivity index (χ3v) is 4.42. The number of benzene rings is 2. The number of nitrogens with zero attached hydrogens (tertiary/aromatic N) is 2. The number of carbonyl (C=O) groups is 1. The molecule has 0 aromatic heterocycles. The summed E-state index contributed by atoms with van der Waals surface area (Å²) in [4.78, 5) is 12.8. The maximum Gasteiger partial charge on any atom is 0.280 e. The molecule has 1 aliphatic heterocycles. The smallest absolute Gasteiger partial charge is 0.280 e. The molecule has 2 aromatic carbocycles. The van der Waals surface area contributed by atoms with Crippen LogP contribution in [0.2, 0.25) is 0 Å². The van der Waals surface area contributed by atoms with E-state index in [0.29, 0.717) is 28.5 Å². The second-order valence-electron chi connectivity index (χ2n) is 5.74. The number of terminal acetylenes is 1. The maximum absolute atomic E-state index is 12.8. The normalized spacial score (nSPS) is 14.9. The molecule has 2 aromatic rings. The lowest BCUT2D eigenvalue weighted by Crippen LogP contribution is -2.21. The van der Waals surface area contributed by atoms with Crippen molar-refractivity contribution in [3.05, 3.63) is 58.1 Å². The van der Waals surface area contributed by atoms with Crippen molar-refractivity contribution in [2.24, 2.45) is 5.10 Å². The summed E-state index contributed by atoms with van der Waals surface area (Å²) in [6.45, 7) is 1.96. The molecule has 6 heteroatoms. The van der Waals surface area contributed by atoms with E-state index in [1.165, 1.54) is 5.01 Å². The van der Waals surface area contributed by atoms with Crippen molar-refractivity contribution < 1.29 is 14.3 Å². The van der Waals surface area contributed by atoms with Gasteiger partial charge in [0.2, 0.25) is 0 Å². The average molecular weight is 425 g/mol. The minimum Gasteiger partial charge on any atom is -0.493 e. The SMILES string of the molecule is C#CCOc1ccc(/C=C2\C(=O)N(c3cccc(Br)c3)N=C2C)cc1OC. The zero-order valence-electron chi connectivity index (χ0n) is 14.9. The first-order chi connectivity index (χ1) is 13.0. The quantitative estimate of drug-likeness (QED) is 0.531. The summed E-state index contributed by atoms with van der Waals surface area (Å²) >= 11 is 3.41. The standard InChI is InChI=1S/C21H17BrN2O3/c1-4-10-27-19-9-8-15(12-20(19)26-3)11-18-14(2)23-24(21(18)25)17-7-5-6-16(22)13-17/h1,5-9,11-13H,10H2,2-3H3/b18-11-. The number of hydrogen-bond acceptors (Lipinski definition) is 4. The molecule has 0 saturated carbocycles. The molecule has 0 spiro atoms. The van der Waals surface area contributed by atoms with Crippen LogP contribution >= 0.6 is 15.9 Å². The van der Waals surface area contributed by atoms with Gasteiger partial charge in [-0.15, -0.1) is 6.42 Å². The lowest BCUT2D eigenvalue weighted by atomic mass is 10.1. The molecule has 1 amide bonds. The van der Waals surface area contributed by atoms with Crippen molar-refractivity contribution in [2.45, 2.75) is 6.92 Å². The minimum atomic E-state index is -0.183. The Hall–Kier alpha value is -3.04. The van der Waals surface area contributed by atoms with E-state index >= 15 is 0 Å². The van der Waals surface area contributed by atoms with Crippen LogP contribution in [0.4, 0.5) is 5.69 Å². The average Bonchev–Trinajstić information content (AvgIpc) is 2.95. The van der Waals surface area contributed by atoms with Gasteiger partial charge in [-0.1, -0.05) is 34.0 Å². The third-order valence-electron chi connectivity index (χ3n) is 3.93. The van der Waals surface area contributed by atoms with Gasteiger partial charge >= 0.3 is 0 Å². The van der Waals surface area contributed by atoms with Gasteiger partial charge in [0, 0.05) is 4.47 Å². The van der Waals surface area contributed by atoms with Crippen molar-refractivity contribution in [1.82, 2.24) is 0 Å². The fourth-order valence-electron chi connectivity index (χ4n) is 2.65. The Kier molecular flexibility index (Phi) is 5.63.